The maximum atomic E-state index is 10.5. The van der Waals surface area contributed by atoms with Crippen LogP contribution in [-0.4, -0.2) is 33.0 Å². The van der Waals surface area contributed by atoms with Gasteiger partial charge in [0.05, 0.1) is 16.1 Å². The third kappa shape index (κ3) is 6.14. The summed E-state index contributed by atoms with van der Waals surface area (Å²) in [5, 5.41) is 35.6. The van der Waals surface area contributed by atoms with Crippen LogP contribution in [0.15, 0.2) is 30.3 Å². The number of carbonyl (C=O) groups is 1. The number of carbonyl (C=O) groups excluding carboxylic acids is 1. The van der Waals surface area contributed by atoms with Gasteiger partial charge in [0, 0.05) is 11.8 Å². The molecule has 158 valence electrons. The fourth-order valence-electron chi connectivity index (χ4n) is 2.98. The van der Waals surface area contributed by atoms with Crippen LogP contribution in [0.3, 0.4) is 0 Å². The Kier molecular flexibility index (Phi) is 7.70. The fourth-order valence-corrected chi connectivity index (χ4v) is 3.16. The minimum absolute atomic E-state index is 0.0586. The molecule has 30 heavy (non-hydrogen) atoms. The topological polar surface area (TPSA) is 154 Å². The number of aromatic hydroxyl groups is 3. The zero-order valence-corrected chi connectivity index (χ0v) is 17.0. The first-order valence-corrected chi connectivity index (χ1v) is 9.70. The van der Waals surface area contributed by atoms with E-state index in [-0.39, 0.29) is 27.8 Å². The van der Waals surface area contributed by atoms with E-state index in [9.17, 15) is 15.0 Å². The van der Waals surface area contributed by atoms with Gasteiger partial charge in [0.2, 0.25) is 5.91 Å². The highest BCUT2D eigenvalue weighted by Gasteiger charge is 2.24. The molecule has 0 aromatic heterocycles. The monoisotopic (exact) mass is 429 g/mol. The summed E-state index contributed by atoms with van der Waals surface area (Å²) < 4.78 is 0. The van der Waals surface area contributed by atoms with Gasteiger partial charge in [-0.1, -0.05) is 42.7 Å². The molecule has 8 heteroatoms. The van der Waals surface area contributed by atoms with Gasteiger partial charge in [-0.05, 0) is 48.7 Å². The summed E-state index contributed by atoms with van der Waals surface area (Å²) in [6.45, 7) is 0. The Morgan fingerprint density at radius 2 is 1.77 bits per heavy atom. The van der Waals surface area contributed by atoms with E-state index < -0.39 is 11.4 Å². The van der Waals surface area contributed by atoms with E-state index in [1.807, 2.05) is 0 Å². The van der Waals surface area contributed by atoms with Gasteiger partial charge in [-0.25, -0.2) is 0 Å². The molecule has 0 aliphatic heterocycles. The summed E-state index contributed by atoms with van der Waals surface area (Å²) in [7, 11) is 0. The van der Waals surface area contributed by atoms with Crippen LogP contribution in [0.2, 0.25) is 5.02 Å². The van der Waals surface area contributed by atoms with E-state index in [2.05, 4.69) is 11.8 Å². The molecule has 0 unspecified atom stereocenters. The Morgan fingerprint density at radius 1 is 1.10 bits per heavy atom. The molecule has 0 heterocycles. The summed E-state index contributed by atoms with van der Waals surface area (Å²) in [4.78, 5) is 10.5. The second-order valence-electron chi connectivity index (χ2n) is 7.08. The molecule has 1 fully saturated rings. The lowest BCUT2D eigenvalue weighted by Crippen LogP contribution is -2.40. The maximum Gasteiger partial charge on any atom is 0.248 e. The average molecular weight is 430 g/mol. The minimum Gasteiger partial charge on any atom is -0.506 e. The normalized spacial score (nSPS) is 14.5. The molecule has 0 radical (unpaired) electrons. The first-order valence-electron chi connectivity index (χ1n) is 9.32. The van der Waals surface area contributed by atoms with Crippen molar-refractivity contribution in [3.8, 4) is 29.1 Å². The Bertz CT molecular complexity index is 1010. The number of primary amides is 1. The smallest absolute Gasteiger partial charge is 0.248 e. The van der Waals surface area contributed by atoms with E-state index in [1.54, 1.807) is 6.07 Å². The lowest BCUT2D eigenvalue weighted by Gasteiger charge is -2.27. The molecule has 3 rings (SSSR count). The highest BCUT2D eigenvalue weighted by Crippen LogP contribution is 2.30. The molecular weight excluding hydrogens is 406 g/mol. The molecule has 1 saturated carbocycles. The zero-order chi connectivity index (χ0) is 22.3. The Morgan fingerprint density at radius 3 is 2.33 bits per heavy atom. The standard InChI is InChI=1S/C15H18N2O2.C7H6ClNO2/c16-10-11-8-12(14(19)13(18)9-11)4-7-15(17)5-2-1-3-6-15;8-5-3-4(7(9)11)1-2-6(5)10/h8-10,16,18-19H,1-3,5-6,17H2;1-3,10H,(H2,9,11). The SMILES string of the molecule is N=Cc1cc(O)c(O)c(C#CC2(N)CCCCC2)c1.NC(=O)c1ccc(O)c(Cl)c1. The van der Waals surface area contributed by atoms with Crippen molar-refractivity contribution in [3.63, 3.8) is 0 Å². The molecule has 1 aliphatic carbocycles. The maximum absolute atomic E-state index is 10.5. The number of amides is 1. The van der Waals surface area contributed by atoms with E-state index in [1.165, 1.54) is 30.7 Å². The third-order valence-electron chi connectivity index (χ3n) is 4.70. The Hall–Kier alpha value is -3.21. The second-order valence-corrected chi connectivity index (χ2v) is 7.48. The molecule has 2 aromatic carbocycles. The number of hydrogen-bond donors (Lipinski definition) is 6. The Balaban J connectivity index is 0.000000248. The molecule has 8 N–H and O–H groups in total. The predicted molar refractivity (Wildman–Crippen MR) is 116 cm³/mol. The Labute approximate surface area is 179 Å². The van der Waals surface area contributed by atoms with Crippen molar-refractivity contribution in [2.24, 2.45) is 11.5 Å². The van der Waals surface area contributed by atoms with Crippen LogP contribution in [0.4, 0.5) is 0 Å². The van der Waals surface area contributed by atoms with Crippen LogP contribution in [0.5, 0.6) is 17.2 Å². The number of nitrogens with one attached hydrogen (secondary N) is 1. The van der Waals surface area contributed by atoms with Crippen molar-refractivity contribution in [2.45, 2.75) is 37.6 Å². The molecule has 1 aliphatic rings. The fraction of sp³-hybridized carbons (Fsp3) is 0.273. The summed E-state index contributed by atoms with van der Waals surface area (Å²) in [5.74, 6) is 4.73. The van der Waals surface area contributed by atoms with Crippen molar-refractivity contribution >= 4 is 23.7 Å². The summed E-state index contributed by atoms with van der Waals surface area (Å²) in [6, 6.07) is 6.94. The van der Waals surface area contributed by atoms with Crippen molar-refractivity contribution < 1.29 is 20.1 Å². The zero-order valence-electron chi connectivity index (χ0n) is 16.3. The number of phenols is 3. The predicted octanol–water partition coefficient (Wildman–Crippen LogP) is 3.25. The molecular formula is C22H24ClN3O4. The third-order valence-corrected chi connectivity index (χ3v) is 5.01. The molecule has 0 spiro atoms. The number of halogens is 1. The lowest BCUT2D eigenvalue weighted by molar-refractivity contribution is 0.100. The van der Waals surface area contributed by atoms with Crippen LogP contribution in [0.25, 0.3) is 0 Å². The highest BCUT2D eigenvalue weighted by atomic mass is 35.5. The highest BCUT2D eigenvalue weighted by molar-refractivity contribution is 6.32. The number of rotatable bonds is 2. The summed E-state index contributed by atoms with van der Waals surface area (Å²) >= 11 is 5.50. The van der Waals surface area contributed by atoms with Gasteiger partial charge in [-0.2, -0.15) is 0 Å². The molecule has 0 saturated heterocycles. The van der Waals surface area contributed by atoms with E-state index in [4.69, 9.17) is 33.6 Å². The van der Waals surface area contributed by atoms with Crippen LogP contribution >= 0.6 is 11.6 Å². The average Bonchev–Trinajstić information content (AvgIpc) is 2.72. The number of benzene rings is 2. The molecule has 1 amide bonds. The van der Waals surface area contributed by atoms with Gasteiger partial charge in [0.1, 0.15) is 5.75 Å². The largest absolute Gasteiger partial charge is 0.506 e. The first-order chi connectivity index (χ1) is 14.1. The van der Waals surface area contributed by atoms with Crippen molar-refractivity contribution in [3.05, 3.63) is 52.0 Å². The number of nitrogens with two attached hydrogens (primary N) is 2. The van der Waals surface area contributed by atoms with Crippen LogP contribution < -0.4 is 11.5 Å². The summed E-state index contributed by atoms with van der Waals surface area (Å²) in [6.07, 6.45) is 6.15. The number of phenolic OH excluding ortho intramolecular Hbond substituents is 3. The molecule has 7 nitrogen and oxygen atoms in total. The second kappa shape index (κ2) is 10.0. The van der Waals surface area contributed by atoms with Crippen molar-refractivity contribution in [1.29, 1.82) is 5.41 Å². The molecule has 0 atom stereocenters. The molecule has 2 aromatic rings. The van der Waals surface area contributed by atoms with Gasteiger partial charge in [-0.15, -0.1) is 0 Å². The molecule has 0 bridgehead atoms. The van der Waals surface area contributed by atoms with Crippen molar-refractivity contribution in [2.75, 3.05) is 0 Å². The quantitative estimate of drug-likeness (QED) is 0.245. The van der Waals surface area contributed by atoms with E-state index in [0.717, 1.165) is 31.9 Å². The first kappa shape index (κ1) is 23.1. The minimum atomic E-state index is -0.563. The van der Waals surface area contributed by atoms with Gasteiger partial charge in [-0.3, -0.25) is 4.79 Å². The van der Waals surface area contributed by atoms with Crippen LogP contribution in [0, 0.1) is 17.3 Å². The van der Waals surface area contributed by atoms with Gasteiger partial charge < -0.3 is 32.2 Å². The van der Waals surface area contributed by atoms with Crippen LogP contribution in [-0.2, 0) is 0 Å². The lowest BCUT2D eigenvalue weighted by atomic mass is 9.83. The van der Waals surface area contributed by atoms with Crippen LogP contribution in [0.1, 0.15) is 53.6 Å². The summed E-state index contributed by atoms with van der Waals surface area (Å²) in [5.41, 5.74) is 11.8. The number of hydrogen-bond acceptors (Lipinski definition) is 6. The van der Waals surface area contributed by atoms with Gasteiger partial charge >= 0.3 is 0 Å². The van der Waals surface area contributed by atoms with E-state index in [0.29, 0.717) is 11.1 Å². The van der Waals surface area contributed by atoms with Gasteiger partial charge in [0.25, 0.3) is 0 Å². The van der Waals surface area contributed by atoms with E-state index >= 15 is 0 Å². The van der Waals surface area contributed by atoms with Crippen molar-refractivity contribution in [1.82, 2.24) is 0 Å². The van der Waals surface area contributed by atoms with Gasteiger partial charge in [0.15, 0.2) is 11.5 Å².